The molecule has 3 rings (SSSR count). The Morgan fingerprint density at radius 3 is 3.04 bits per heavy atom. The lowest BCUT2D eigenvalue weighted by Crippen LogP contribution is -2.43. The lowest BCUT2D eigenvalue weighted by Gasteiger charge is -2.27. The SMILES string of the molecule is [2H][C@](C)(CC)[C@H](N)C(=O)OC[C@H]1OC(N2CSc3cnc(N)nc32)[C@H](O)[C@@H]1O. The van der Waals surface area contributed by atoms with Gasteiger partial charge in [0.2, 0.25) is 5.95 Å². The molecule has 27 heavy (non-hydrogen) atoms. The number of thioether (sulfide) groups is 1. The molecule has 0 aromatic carbocycles. The molecule has 2 aliphatic rings. The van der Waals surface area contributed by atoms with Crippen LogP contribution in [0.15, 0.2) is 11.1 Å². The summed E-state index contributed by atoms with van der Waals surface area (Å²) in [6, 6.07) is -1.13. The van der Waals surface area contributed by atoms with Crippen LogP contribution in [0.5, 0.6) is 0 Å². The van der Waals surface area contributed by atoms with Gasteiger partial charge in [0.25, 0.3) is 0 Å². The monoisotopic (exact) mass is 400 g/mol. The first-order valence-corrected chi connectivity index (χ1v) is 9.60. The van der Waals surface area contributed by atoms with Crippen LogP contribution < -0.4 is 16.4 Å². The third-order valence-corrected chi connectivity index (χ3v) is 5.77. The number of nitrogens with zero attached hydrogens (tertiary/aromatic N) is 3. The van der Waals surface area contributed by atoms with Crippen LogP contribution in [0.2, 0.25) is 0 Å². The summed E-state index contributed by atoms with van der Waals surface area (Å²) >= 11 is 1.45. The predicted molar refractivity (Wildman–Crippen MR) is 98.7 cm³/mol. The number of carbonyl (C=O) groups excluding carboxylic acids is 1. The van der Waals surface area contributed by atoms with Gasteiger partial charge in [0.1, 0.15) is 31.0 Å². The van der Waals surface area contributed by atoms with Gasteiger partial charge in [-0.15, -0.1) is 0 Å². The first-order valence-electron chi connectivity index (χ1n) is 9.11. The van der Waals surface area contributed by atoms with E-state index in [0.717, 1.165) is 4.90 Å². The molecule has 0 saturated carbocycles. The summed E-state index contributed by atoms with van der Waals surface area (Å²) in [5, 5.41) is 20.8. The number of anilines is 2. The van der Waals surface area contributed by atoms with Crippen LogP contribution in [0.25, 0.3) is 0 Å². The molecule has 2 aliphatic heterocycles. The molecule has 1 unspecified atom stereocenters. The topological polar surface area (TPSA) is 157 Å². The zero-order valence-corrected chi connectivity index (χ0v) is 15.9. The van der Waals surface area contributed by atoms with E-state index < -0.39 is 42.4 Å². The molecule has 0 aliphatic carbocycles. The minimum absolute atomic E-state index is 0.0909. The van der Waals surface area contributed by atoms with E-state index >= 15 is 0 Å². The third-order valence-electron chi connectivity index (χ3n) is 4.76. The van der Waals surface area contributed by atoms with Crippen molar-refractivity contribution in [2.24, 2.45) is 11.6 Å². The summed E-state index contributed by atoms with van der Waals surface area (Å²) in [5.74, 6) is -0.873. The Morgan fingerprint density at radius 1 is 1.59 bits per heavy atom. The highest BCUT2D eigenvalue weighted by Gasteiger charge is 2.48. The summed E-state index contributed by atoms with van der Waals surface area (Å²) in [4.78, 5) is 22.7. The Morgan fingerprint density at radius 2 is 2.33 bits per heavy atom. The quantitative estimate of drug-likeness (QED) is 0.447. The van der Waals surface area contributed by atoms with Crippen molar-refractivity contribution in [1.82, 2.24) is 9.97 Å². The van der Waals surface area contributed by atoms with Crippen molar-refractivity contribution in [3.63, 3.8) is 0 Å². The number of aliphatic hydroxyl groups excluding tert-OH is 2. The number of hydrogen-bond donors (Lipinski definition) is 4. The summed E-state index contributed by atoms with van der Waals surface area (Å²) in [6.45, 7) is 3.02. The number of hydrogen-bond acceptors (Lipinski definition) is 11. The van der Waals surface area contributed by atoms with Crippen LogP contribution in [0.1, 0.15) is 21.6 Å². The van der Waals surface area contributed by atoms with Gasteiger partial charge in [-0.05, 0) is 5.89 Å². The molecule has 1 fully saturated rings. The van der Waals surface area contributed by atoms with Crippen LogP contribution >= 0.6 is 11.8 Å². The highest BCUT2D eigenvalue weighted by Crippen LogP contribution is 2.40. The second kappa shape index (κ2) is 8.15. The minimum atomic E-state index is -1.27. The Kier molecular flexibility index (Phi) is 5.64. The first-order chi connectivity index (χ1) is 13.2. The maximum absolute atomic E-state index is 12.1. The van der Waals surface area contributed by atoms with Crippen LogP contribution in [0.4, 0.5) is 11.8 Å². The number of nitrogen functional groups attached to an aromatic ring is 1. The lowest BCUT2D eigenvalue weighted by atomic mass is 10.0. The van der Waals surface area contributed by atoms with E-state index in [2.05, 4.69) is 9.97 Å². The summed E-state index contributed by atoms with van der Waals surface area (Å²) in [7, 11) is 0. The number of ether oxygens (including phenoxy) is 2. The molecule has 0 amide bonds. The molecule has 10 nitrogen and oxygen atoms in total. The van der Waals surface area contributed by atoms with E-state index in [0.29, 0.717) is 18.1 Å². The normalized spacial score (nSPS) is 31.1. The molecule has 6 atom stereocenters. The van der Waals surface area contributed by atoms with Gasteiger partial charge in [0.05, 0.1) is 10.8 Å². The van der Waals surface area contributed by atoms with Crippen molar-refractivity contribution in [3.05, 3.63) is 6.20 Å². The van der Waals surface area contributed by atoms with Gasteiger partial charge in [-0.2, -0.15) is 4.98 Å². The Labute approximate surface area is 162 Å². The molecule has 1 saturated heterocycles. The van der Waals surface area contributed by atoms with E-state index in [1.807, 2.05) is 0 Å². The number of carbonyl (C=O) groups is 1. The fraction of sp³-hybridized carbons (Fsp3) is 0.688. The van der Waals surface area contributed by atoms with Crippen molar-refractivity contribution >= 4 is 29.5 Å². The number of aliphatic hydroxyl groups is 2. The Hall–Kier alpha value is -1.66. The molecule has 0 radical (unpaired) electrons. The molecule has 11 heteroatoms. The van der Waals surface area contributed by atoms with E-state index in [9.17, 15) is 15.0 Å². The minimum Gasteiger partial charge on any atom is -0.462 e. The predicted octanol–water partition coefficient (Wildman–Crippen LogP) is -0.708. The molecule has 0 bridgehead atoms. The highest BCUT2D eigenvalue weighted by molar-refractivity contribution is 7.99. The van der Waals surface area contributed by atoms with Gasteiger partial charge in [0, 0.05) is 7.57 Å². The molecule has 1 aromatic heterocycles. The lowest BCUT2D eigenvalue weighted by molar-refractivity contribution is -0.152. The zero-order valence-electron chi connectivity index (χ0n) is 16.1. The standard InChI is InChI=1S/C16H25N5O5S/c1-3-7(2)10(17)15(24)25-5-8-11(22)12(23)14(26-8)21-6-27-9-4-19-16(18)20-13(9)21/h4,7-8,10-12,14,22-23H,3,5-6,17H2,1-2H3,(H2,18,19,20)/t7-,8+,10-,11+,12+,14?/m0/s1/i7D. The Balaban J connectivity index is 1.64. The highest BCUT2D eigenvalue weighted by atomic mass is 32.2. The number of rotatable bonds is 6. The van der Waals surface area contributed by atoms with Crippen LogP contribution in [-0.2, 0) is 14.3 Å². The molecule has 3 heterocycles. The van der Waals surface area contributed by atoms with Crippen LogP contribution in [0, 0.1) is 5.89 Å². The van der Waals surface area contributed by atoms with E-state index in [-0.39, 0.29) is 12.6 Å². The van der Waals surface area contributed by atoms with Gasteiger partial charge < -0.3 is 36.1 Å². The fourth-order valence-electron chi connectivity index (χ4n) is 2.88. The molecular weight excluding hydrogens is 374 g/mol. The van der Waals surface area contributed by atoms with Crippen molar-refractivity contribution < 1.29 is 25.9 Å². The van der Waals surface area contributed by atoms with E-state index in [1.54, 1.807) is 24.9 Å². The van der Waals surface area contributed by atoms with Gasteiger partial charge in [-0.3, -0.25) is 4.79 Å². The summed E-state index contributed by atoms with van der Waals surface area (Å²) in [5.41, 5.74) is 11.4. The molecule has 6 N–H and O–H groups in total. The largest absolute Gasteiger partial charge is 0.462 e. The summed E-state index contributed by atoms with van der Waals surface area (Å²) < 4.78 is 18.9. The molecule has 0 spiro atoms. The number of esters is 1. The van der Waals surface area contributed by atoms with Crippen molar-refractivity contribution in [1.29, 1.82) is 0 Å². The van der Waals surface area contributed by atoms with Gasteiger partial charge in [0.15, 0.2) is 12.0 Å². The second-order valence-corrected chi connectivity index (χ2v) is 7.50. The third kappa shape index (κ3) is 3.97. The molecule has 150 valence electrons. The van der Waals surface area contributed by atoms with Gasteiger partial charge in [-0.25, -0.2) is 4.98 Å². The maximum atomic E-state index is 12.1. The zero-order chi connectivity index (χ0) is 20.6. The molecular formula is C16H25N5O5S. The smallest absolute Gasteiger partial charge is 0.323 e. The maximum Gasteiger partial charge on any atom is 0.323 e. The van der Waals surface area contributed by atoms with Gasteiger partial charge in [-0.1, -0.05) is 32.0 Å². The number of aromatic nitrogens is 2. The average Bonchev–Trinajstić information content (AvgIpc) is 3.20. The Bertz CT molecular complexity index is 741. The second-order valence-electron chi connectivity index (χ2n) is 6.51. The average molecular weight is 400 g/mol. The summed E-state index contributed by atoms with van der Waals surface area (Å²) in [6.07, 6.45) is -2.36. The van der Waals surface area contributed by atoms with Crippen LogP contribution in [0.3, 0.4) is 0 Å². The van der Waals surface area contributed by atoms with Crippen LogP contribution in [-0.4, -0.2) is 69.2 Å². The molecule has 1 aromatic rings. The number of fused-ring (bicyclic) bond motifs is 1. The van der Waals surface area contributed by atoms with Gasteiger partial charge >= 0.3 is 5.97 Å². The fourth-order valence-corrected chi connectivity index (χ4v) is 3.84. The van der Waals surface area contributed by atoms with Crippen molar-refractivity contribution in [2.45, 2.75) is 55.7 Å². The van der Waals surface area contributed by atoms with E-state index in [1.165, 1.54) is 11.8 Å². The number of nitrogens with two attached hydrogens (primary N) is 2. The van der Waals surface area contributed by atoms with Crippen molar-refractivity contribution in [2.75, 3.05) is 23.1 Å². The van der Waals surface area contributed by atoms with E-state index in [4.69, 9.17) is 22.3 Å². The van der Waals surface area contributed by atoms with Crippen molar-refractivity contribution in [3.8, 4) is 0 Å². The first kappa shape index (κ1) is 18.7.